The number of fused-ring (bicyclic) bond motifs is 1. The van der Waals surface area contributed by atoms with E-state index in [9.17, 15) is 9.18 Å². The number of aromatic nitrogens is 2. The minimum atomic E-state index is -0.309. The lowest BCUT2D eigenvalue weighted by molar-refractivity contribution is 0.610. The summed E-state index contributed by atoms with van der Waals surface area (Å²) in [5, 5.41) is 6.24. The van der Waals surface area contributed by atoms with Crippen LogP contribution < -0.4 is 10.9 Å². The fourth-order valence-electron chi connectivity index (χ4n) is 2.21. The molecule has 1 aliphatic rings. The molecule has 0 radical (unpaired) electrons. The molecule has 2 heterocycles. The van der Waals surface area contributed by atoms with Crippen LogP contribution in [0.25, 0.3) is 5.69 Å². The van der Waals surface area contributed by atoms with Crippen molar-refractivity contribution >= 4 is 0 Å². The summed E-state index contributed by atoms with van der Waals surface area (Å²) in [6, 6.07) is 5.92. The lowest BCUT2D eigenvalue weighted by Gasteiger charge is -2.04. The normalized spacial score (nSPS) is 18.4. The molecular formula is C12H12FN3O. The molecule has 1 aromatic heterocycles. The number of hydrogen-bond donors (Lipinski definition) is 2. The lowest BCUT2D eigenvalue weighted by atomic mass is 10.2. The summed E-state index contributed by atoms with van der Waals surface area (Å²) in [5.74, 6) is -0.309. The molecule has 0 spiro atoms. The maximum atomic E-state index is 12.8. The second kappa shape index (κ2) is 3.56. The third-order valence-electron chi connectivity index (χ3n) is 3.11. The van der Waals surface area contributed by atoms with E-state index in [1.165, 1.54) is 16.8 Å². The largest absolute Gasteiger partial charge is 0.304 e. The molecule has 1 aromatic carbocycles. The van der Waals surface area contributed by atoms with Gasteiger partial charge in [0.1, 0.15) is 5.82 Å². The first-order valence-corrected chi connectivity index (χ1v) is 5.50. The quantitative estimate of drug-likeness (QED) is 0.783. The Balaban J connectivity index is 2.14. The van der Waals surface area contributed by atoms with Crippen molar-refractivity contribution in [3.8, 4) is 5.69 Å². The highest BCUT2D eigenvalue weighted by Gasteiger charge is 2.25. The second-order valence-electron chi connectivity index (χ2n) is 4.22. The van der Waals surface area contributed by atoms with Gasteiger partial charge in [0.2, 0.25) is 0 Å². The number of hydrogen-bond acceptors (Lipinski definition) is 2. The molecule has 4 nitrogen and oxygen atoms in total. The highest BCUT2D eigenvalue weighted by atomic mass is 19.1. The Bertz CT molecular complexity index is 612. The summed E-state index contributed by atoms with van der Waals surface area (Å²) in [6.45, 7) is 2.62. The monoisotopic (exact) mass is 233 g/mol. The van der Waals surface area contributed by atoms with Crippen LogP contribution in [0.2, 0.25) is 0 Å². The van der Waals surface area contributed by atoms with Crippen LogP contribution in [0.3, 0.4) is 0 Å². The van der Waals surface area contributed by atoms with Crippen molar-refractivity contribution in [1.29, 1.82) is 0 Å². The zero-order valence-electron chi connectivity index (χ0n) is 9.33. The van der Waals surface area contributed by atoms with E-state index < -0.39 is 0 Å². The summed E-state index contributed by atoms with van der Waals surface area (Å²) in [7, 11) is 0. The van der Waals surface area contributed by atoms with E-state index in [0.29, 0.717) is 12.2 Å². The number of aromatic amines is 1. The van der Waals surface area contributed by atoms with Gasteiger partial charge in [-0.25, -0.2) is 9.07 Å². The van der Waals surface area contributed by atoms with Crippen LogP contribution in [0.15, 0.2) is 29.1 Å². The molecule has 0 saturated heterocycles. The van der Waals surface area contributed by atoms with Crippen molar-refractivity contribution in [2.75, 3.05) is 0 Å². The van der Waals surface area contributed by atoms with Crippen molar-refractivity contribution in [3.05, 3.63) is 51.7 Å². The summed E-state index contributed by atoms with van der Waals surface area (Å²) in [6.07, 6.45) is 0. The molecule has 0 bridgehead atoms. The Labute approximate surface area is 97.1 Å². The first-order chi connectivity index (χ1) is 8.16. The van der Waals surface area contributed by atoms with E-state index in [4.69, 9.17) is 0 Å². The summed E-state index contributed by atoms with van der Waals surface area (Å²) in [4.78, 5) is 12.2. The number of nitrogens with one attached hydrogen (secondary N) is 2. The molecular weight excluding hydrogens is 221 g/mol. The van der Waals surface area contributed by atoms with Crippen LogP contribution in [-0.4, -0.2) is 9.78 Å². The van der Waals surface area contributed by atoms with Gasteiger partial charge < -0.3 is 5.32 Å². The van der Waals surface area contributed by atoms with E-state index in [1.54, 1.807) is 12.1 Å². The number of halogens is 1. The van der Waals surface area contributed by atoms with Gasteiger partial charge >= 0.3 is 0 Å². The maximum absolute atomic E-state index is 12.8. The molecule has 0 amide bonds. The summed E-state index contributed by atoms with van der Waals surface area (Å²) < 4.78 is 14.3. The second-order valence-corrected chi connectivity index (χ2v) is 4.22. The van der Waals surface area contributed by atoms with Gasteiger partial charge in [0.25, 0.3) is 5.56 Å². The molecule has 88 valence electrons. The number of rotatable bonds is 1. The molecule has 1 atom stereocenters. The first kappa shape index (κ1) is 10.3. The molecule has 0 fully saturated rings. The third kappa shape index (κ3) is 1.51. The molecule has 1 aliphatic heterocycles. The summed E-state index contributed by atoms with van der Waals surface area (Å²) in [5.41, 5.74) is 2.27. The highest BCUT2D eigenvalue weighted by Crippen LogP contribution is 2.20. The van der Waals surface area contributed by atoms with Gasteiger partial charge in [-0.15, -0.1) is 0 Å². The summed E-state index contributed by atoms with van der Waals surface area (Å²) >= 11 is 0. The zero-order chi connectivity index (χ0) is 12.0. The topological polar surface area (TPSA) is 49.8 Å². The highest BCUT2D eigenvalue weighted by molar-refractivity contribution is 5.35. The van der Waals surface area contributed by atoms with Gasteiger partial charge in [0, 0.05) is 12.6 Å². The standard InChI is InChI=1S/C12H12FN3O/c1-7-11-10(6-14-7)15-16(12(11)17)9-4-2-8(13)3-5-9/h2-5,7,14-15H,6H2,1H3. The molecule has 0 saturated carbocycles. The molecule has 3 rings (SSSR count). The molecule has 1 unspecified atom stereocenters. The van der Waals surface area contributed by atoms with E-state index in [1.807, 2.05) is 6.92 Å². The smallest absolute Gasteiger partial charge is 0.276 e. The molecule has 0 aliphatic carbocycles. The minimum Gasteiger partial charge on any atom is -0.304 e. The fourth-order valence-corrected chi connectivity index (χ4v) is 2.21. The Morgan fingerprint density at radius 2 is 2.06 bits per heavy atom. The zero-order valence-corrected chi connectivity index (χ0v) is 9.33. The van der Waals surface area contributed by atoms with Gasteiger partial charge in [-0.2, -0.15) is 0 Å². The van der Waals surface area contributed by atoms with Crippen molar-refractivity contribution in [1.82, 2.24) is 15.1 Å². The molecule has 2 N–H and O–H groups in total. The van der Waals surface area contributed by atoms with E-state index in [-0.39, 0.29) is 17.4 Å². The molecule has 2 aromatic rings. The van der Waals surface area contributed by atoms with Gasteiger partial charge in [-0.05, 0) is 31.2 Å². The third-order valence-corrected chi connectivity index (χ3v) is 3.11. The average molecular weight is 233 g/mol. The Morgan fingerprint density at radius 1 is 1.35 bits per heavy atom. The van der Waals surface area contributed by atoms with Crippen LogP contribution in [-0.2, 0) is 6.54 Å². The minimum absolute atomic E-state index is 0.0652. The van der Waals surface area contributed by atoms with E-state index >= 15 is 0 Å². The maximum Gasteiger partial charge on any atom is 0.276 e. The van der Waals surface area contributed by atoms with Crippen LogP contribution in [0.1, 0.15) is 24.2 Å². The number of nitrogens with zero attached hydrogens (tertiary/aromatic N) is 1. The van der Waals surface area contributed by atoms with Crippen molar-refractivity contribution in [2.45, 2.75) is 19.5 Å². The van der Waals surface area contributed by atoms with Crippen LogP contribution in [0.4, 0.5) is 4.39 Å². The SMILES string of the molecule is CC1NCc2[nH]n(-c3ccc(F)cc3)c(=O)c21. The van der Waals surface area contributed by atoms with Gasteiger partial charge in [0.05, 0.1) is 16.9 Å². The Hall–Kier alpha value is -1.88. The van der Waals surface area contributed by atoms with Crippen molar-refractivity contribution in [2.24, 2.45) is 0 Å². The van der Waals surface area contributed by atoms with Gasteiger partial charge in [-0.1, -0.05) is 0 Å². The molecule has 17 heavy (non-hydrogen) atoms. The van der Waals surface area contributed by atoms with Crippen LogP contribution in [0.5, 0.6) is 0 Å². The average Bonchev–Trinajstić information content (AvgIpc) is 2.83. The van der Waals surface area contributed by atoms with Crippen LogP contribution in [0, 0.1) is 5.82 Å². The van der Waals surface area contributed by atoms with Gasteiger partial charge in [0.15, 0.2) is 0 Å². The van der Waals surface area contributed by atoms with Crippen molar-refractivity contribution < 1.29 is 4.39 Å². The molecule has 5 heteroatoms. The van der Waals surface area contributed by atoms with E-state index in [2.05, 4.69) is 10.4 Å². The fraction of sp³-hybridized carbons (Fsp3) is 0.250. The lowest BCUT2D eigenvalue weighted by Crippen LogP contribution is -2.22. The van der Waals surface area contributed by atoms with Gasteiger partial charge in [-0.3, -0.25) is 9.89 Å². The predicted molar refractivity (Wildman–Crippen MR) is 61.6 cm³/mol. The predicted octanol–water partition coefficient (Wildman–Crippen LogP) is 1.47. The number of H-pyrrole nitrogens is 1. The first-order valence-electron chi connectivity index (χ1n) is 5.50. The Morgan fingerprint density at radius 3 is 2.71 bits per heavy atom. The van der Waals surface area contributed by atoms with Crippen molar-refractivity contribution in [3.63, 3.8) is 0 Å². The van der Waals surface area contributed by atoms with E-state index in [0.717, 1.165) is 11.3 Å². The number of benzene rings is 1. The van der Waals surface area contributed by atoms with Crippen LogP contribution >= 0.6 is 0 Å². The Kier molecular flexibility index (Phi) is 2.16.